The Kier molecular flexibility index (Phi) is 2.71. The summed E-state index contributed by atoms with van der Waals surface area (Å²) in [5, 5.41) is 2.61. The molecule has 0 unspecified atom stereocenters. The highest BCUT2D eigenvalue weighted by Gasteiger charge is 2.17. The first-order valence-corrected chi connectivity index (χ1v) is 6.44. The van der Waals surface area contributed by atoms with Gasteiger partial charge in [-0.2, -0.15) is 0 Å². The molecule has 0 spiro atoms. The highest BCUT2D eigenvalue weighted by molar-refractivity contribution is 5.94. The Hall–Kier alpha value is -1.96. The van der Waals surface area contributed by atoms with E-state index in [0.29, 0.717) is 6.04 Å². The molecule has 3 rings (SSSR count). The fraction of sp³-hybridized carbons (Fsp3) is 0.250. The molecular formula is C16H18N2. The number of fused-ring (bicyclic) bond motifs is 1. The molecular weight excluding hydrogens is 220 g/mol. The molecule has 1 heterocycles. The van der Waals surface area contributed by atoms with Crippen molar-refractivity contribution in [1.29, 1.82) is 0 Å². The van der Waals surface area contributed by atoms with Crippen LogP contribution in [0.15, 0.2) is 54.9 Å². The van der Waals surface area contributed by atoms with Gasteiger partial charge in [-0.15, -0.1) is 0 Å². The molecule has 1 aliphatic heterocycles. The second kappa shape index (κ2) is 4.37. The maximum Gasteiger partial charge on any atom is 0.0944 e. The first kappa shape index (κ1) is 11.1. The summed E-state index contributed by atoms with van der Waals surface area (Å²) in [5.74, 6) is 0. The van der Waals surface area contributed by atoms with E-state index < -0.39 is 0 Å². The minimum Gasteiger partial charge on any atom is -0.356 e. The predicted octanol–water partition coefficient (Wildman–Crippen LogP) is 3.80. The SMILES string of the molecule is CC(C)N1C=CN(c2cccc3ccccc23)C1. The van der Waals surface area contributed by atoms with Gasteiger partial charge in [0.25, 0.3) is 0 Å². The van der Waals surface area contributed by atoms with Crippen LogP contribution in [0, 0.1) is 0 Å². The minimum atomic E-state index is 0.543. The maximum absolute atomic E-state index is 2.34. The molecule has 2 nitrogen and oxygen atoms in total. The van der Waals surface area contributed by atoms with E-state index in [9.17, 15) is 0 Å². The highest BCUT2D eigenvalue weighted by Crippen LogP contribution is 2.29. The monoisotopic (exact) mass is 238 g/mol. The molecule has 0 amide bonds. The molecule has 92 valence electrons. The lowest BCUT2D eigenvalue weighted by Crippen LogP contribution is -2.30. The van der Waals surface area contributed by atoms with E-state index in [1.807, 2.05) is 0 Å². The van der Waals surface area contributed by atoms with Crippen LogP contribution < -0.4 is 4.90 Å². The summed E-state index contributed by atoms with van der Waals surface area (Å²) in [4.78, 5) is 4.64. The van der Waals surface area contributed by atoms with Crippen LogP contribution in [-0.2, 0) is 0 Å². The van der Waals surface area contributed by atoms with Crippen molar-refractivity contribution in [3.05, 3.63) is 54.9 Å². The average molecular weight is 238 g/mol. The van der Waals surface area contributed by atoms with Crippen LogP contribution in [0.4, 0.5) is 5.69 Å². The molecule has 0 aliphatic carbocycles. The van der Waals surface area contributed by atoms with Crippen molar-refractivity contribution in [2.45, 2.75) is 19.9 Å². The average Bonchev–Trinajstić information content (AvgIpc) is 2.87. The largest absolute Gasteiger partial charge is 0.356 e. The smallest absolute Gasteiger partial charge is 0.0944 e. The maximum atomic E-state index is 2.34. The van der Waals surface area contributed by atoms with E-state index in [1.165, 1.54) is 16.5 Å². The van der Waals surface area contributed by atoms with E-state index in [1.54, 1.807) is 0 Å². The second-order valence-corrected chi connectivity index (χ2v) is 5.02. The van der Waals surface area contributed by atoms with E-state index in [2.05, 4.69) is 78.5 Å². The zero-order valence-corrected chi connectivity index (χ0v) is 10.9. The van der Waals surface area contributed by atoms with Crippen LogP contribution in [0.1, 0.15) is 13.8 Å². The fourth-order valence-electron chi connectivity index (χ4n) is 2.39. The van der Waals surface area contributed by atoms with Gasteiger partial charge in [0.2, 0.25) is 0 Å². The molecule has 0 aromatic heterocycles. The van der Waals surface area contributed by atoms with Gasteiger partial charge in [-0.1, -0.05) is 36.4 Å². The molecule has 0 N–H and O–H groups in total. The van der Waals surface area contributed by atoms with Crippen LogP contribution in [0.2, 0.25) is 0 Å². The van der Waals surface area contributed by atoms with Crippen molar-refractivity contribution in [1.82, 2.24) is 4.90 Å². The van der Waals surface area contributed by atoms with Gasteiger partial charge in [0, 0.05) is 23.8 Å². The zero-order valence-electron chi connectivity index (χ0n) is 10.9. The molecule has 0 bridgehead atoms. The summed E-state index contributed by atoms with van der Waals surface area (Å²) >= 11 is 0. The Balaban J connectivity index is 1.99. The lowest BCUT2D eigenvalue weighted by Gasteiger charge is -2.25. The van der Waals surface area contributed by atoms with Crippen LogP contribution in [0.3, 0.4) is 0 Å². The van der Waals surface area contributed by atoms with Crippen molar-refractivity contribution in [3.8, 4) is 0 Å². The molecule has 2 aromatic rings. The Bertz CT molecular complexity index is 581. The van der Waals surface area contributed by atoms with E-state index >= 15 is 0 Å². The Morgan fingerprint density at radius 1 is 0.944 bits per heavy atom. The van der Waals surface area contributed by atoms with Gasteiger partial charge in [-0.25, -0.2) is 0 Å². The Labute approximate surface area is 108 Å². The van der Waals surface area contributed by atoms with Gasteiger partial charge >= 0.3 is 0 Å². The molecule has 1 aliphatic rings. The molecule has 2 heteroatoms. The van der Waals surface area contributed by atoms with Crippen molar-refractivity contribution < 1.29 is 0 Å². The molecule has 0 radical (unpaired) electrons. The van der Waals surface area contributed by atoms with Crippen LogP contribution >= 0.6 is 0 Å². The molecule has 0 atom stereocenters. The summed E-state index contributed by atoms with van der Waals surface area (Å²) in [5.41, 5.74) is 1.28. The van der Waals surface area contributed by atoms with Crippen molar-refractivity contribution in [2.75, 3.05) is 11.6 Å². The topological polar surface area (TPSA) is 6.48 Å². The normalized spacial score (nSPS) is 15.1. The molecule has 2 aromatic carbocycles. The number of anilines is 1. The van der Waals surface area contributed by atoms with E-state index in [4.69, 9.17) is 0 Å². The standard InChI is InChI=1S/C16H18N2/c1-13(2)17-10-11-18(12-17)16-9-5-7-14-6-3-4-8-15(14)16/h3-11,13H,12H2,1-2H3. The number of hydrogen-bond donors (Lipinski definition) is 0. The molecule has 0 fully saturated rings. The van der Waals surface area contributed by atoms with Crippen molar-refractivity contribution in [2.24, 2.45) is 0 Å². The third-order valence-corrected chi connectivity index (χ3v) is 3.49. The van der Waals surface area contributed by atoms with Gasteiger partial charge < -0.3 is 9.80 Å². The number of benzene rings is 2. The Morgan fingerprint density at radius 3 is 2.50 bits per heavy atom. The lowest BCUT2D eigenvalue weighted by atomic mass is 10.1. The van der Waals surface area contributed by atoms with Crippen LogP contribution in [0.5, 0.6) is 0 Å². The van der Waals surface area contributed by atoms with Gasteiger partial charge in [0.05, 0.1) is 12.4 Å². The van der Waals surface area contributed by atoms with Crippen molar-refractivity contribution >= 4 is 16.5 Å². The van der Waals surface area contributed by atoms with Gasteiger partial charge in [0.1, 0.15) is 0 Å². The first-order valence-electron chi connectivity index (χ1n) is 6.44. The number of nitrogens with zero attached hydrogens (tertiary/aromatic N) is 2. The first-order chi connectivity index (χ1) is 8.75. The van der Waals surface area contributed by atoms with E-state index in [-0.39, 0.29) is 0 Å². The zero-order chi connectivity index (χ0) is 12.5. The van der Waals surface area contributed by atoms with Crippen LogP contribution in [0.25, 0.3) is 10.8 Å². The third-order valence-electron chi connectivity index (χ3n) is 3.49. The summed E-state index contributed by atoms with van der Waals surface area (Å²) in [6, 6.07) is 15.6. The third kappa shape index (κ3) is 1.84. The summed E-state index contributed by atoms with van der Waals surface area (Å²) in [6.45, 7) is 5.37. The summed E-state index contributed by atoms with van der Waals surface area (Å²) in [6.07, 6.45) is 4.34. The van der Waals surface area contributed by atoms with Crippen molar-refractivity contribution in [3.63, 3.8) is 0 Å². The van der Waals surface area contributed by atoms with E-state index in [0.717, 1.165) is 6.67 Å². The fourth-order valence-corrected chi connectivity index (χ4v) is 2.39. The quantitative estimate of drug-likeness (QED) is 0.785. The molecule has 18 heavy (non-hydrogen) atoms. The number of rotatable bonds is 2. The predicted molar refractivity (Wildman–Crippen MR) is 77.4 cm³/mol. The van der Waals surface area contributed by atoms with Gasteiger partial charge in [-0.05, 0) is 25.3 Å². The number of hydrogen-bond acceptors (Lipinski definition) is 2. The van der Waals surface area contributed by atoms with Gasteiger partial charge in [-0.3, -0.25) is 0 Å². The minimum absolute atomic E-state index is 0.543. The van der Waals surface area contributed by atoms with Gasteiger partial charge in [0.15, 0.2) is 0 Å². The Morgan fingerprint density at radius 2 is 1.72 bits per heavy atom. The summed E-state index contributed by atoms with van der Waals surface area (Å²) in [7, 11) is 0. The van der Waals surface area contributed by atoms with Crippen LogP contribution in [-0.4, -0.2) is 17.6 Å². The second-order valence-electron chi connectivity index (χ2n) is 5.02. The molecule has 0 saturated carbocycles. The summed E-state index contributed by atoms with van der Waals surface area (Å²) < 4.78 is 0. The molecule has 0 saturated heterocycles. The lowest BCUT2D eigenvalue weighted by molar-refractivity contribution is 0.336. The highest BCUT2D eigenvalue weighted by atomic mass is 15.3.